The van der Waals surface area contributed by atoms with Crippen LogP contribution in [-0.4, -0.2) is 16.5 Å². The minimum Gasteiger partial charge on any atom is -0.399 e. The summed E-state index contributed by atoms with van der Waals surface area (Å²) in [6.07, 6.45) is 2.53. The number of fused-ring (bicyclic) bond motifs is 1. The molecule has 1 aromatic carbocycles. The molecule has 0 aliphatic rings. The van der Waals surface area contributed by atoms with Crippen molar-refractivity contribution in [3.05, 3.63) is 45.3 Å². The van der Waals surface area contributed by atoms with Crippen molar-refractivity contribution in [1.82, 2.24) is 9.97 Å². The average Bonchev–Trinajstić information content (AvgIpc) is 2.85. The molecule has 0 bridgehead atoms. The molecule has 3 rings (SSSR count). The lowest BCUT2D eigenvalue weighted by molar-refractivity contribution is 1.03. The number of nitrogens with zero attached hydrogens (tertiary/aromatic N) is 2. The van der Waals surface area contributed by atoms with Crippen molar-refractivity contribution >= 4 is 49.7 Å². The largest absolute Gasteiger partial charge is 0.399 e. The van der Waals surface area contributed by atoms with Gasteiger partial charge in [-0.1, -0.05) is 0 Å². The molecule has 3 aromatic rings. The molecule has 2 heterocycles. The van der Waals surface area contributed by atoms with Crippen molar-refractivity contribution in [3.8, 4) is 0 Å². The molecule has 0 radical (unpaired) electrons. The third-order valence-electron chi connectivity index (χ3n) is 2.95. The maximum atomic E-state index is 5.83. The summed E-state index contributed by atoms with van der Waals surface area (Å²) in [5.74, 6) is 0.831. The number of hydrogen-bond acceptors (Lipinski definition) is 5. The Hall–Kier alpha value is -1.66. The van der Waals surface area contributed by atoms with E-state index >= 15 is 0 Å². The molecular formula is C14H13BrN4S. The van der Waals surface area contributed by atoms with E-state index in [1.165, 1.54) is 4.88 Å². The molecule has 0 saturated heterocycles. The van der Waals surface area contributed by atoms with Gasteiger partial charge in [-0.2, -0.15) is 0 Å². The topological polar surface area (TPSA) is 63.8 Å². The summed E-state index contributed by atoms with van der Waals surface area (Å²) in [5.41, 5.74) is 7.45. The second-order valence-electron chi connectivity index (χ2n) is 4.38. The first-order valence-corrected chi connectivity index (χ1v) is 7.81. The first-order valence-electron chi connectivity index (χ1n) is 6.21. The molecule has 102 valence electrons. The number of benzene rings is 1. The summed E-state index contributed by atoms with van der Waals surface area (Å²) >= 11 is 5.23. The molecular weight excluding hydrogens is 336 g/mol. The lowest BCUT2D eigenvalue weighted by Crippen LogP contribution is -2.06. The van der Waals surface area contributed by atoms with Crippen LogP contribution in [-0.2, 0) is 6.42 Å². The van der Waals surface area contributed by atoms with Gasteiger partial charge in [0, 0.05) is 22.5 Å². The van der Waals surface area contributed by atoms with E-state index in [0.717, 1.165) is 39.2 Å². The van der Waals surface area contributed by atoms with Crippen LogP contribution in [0.25, 0.3) is 10.9 Å². The van der Waals surface area contributed by atoms with Crippen LogP contribution in [0.1, 0.15) is 4.88 Å². The van der Waals surface area contributed by atoms with Crippen LogP contribution in [0, 0.1) is 0 Å². The van der Waals surface area contributed by atoms with Gasteiger partial charge in [-0.05, 0) is 52.7 Å². The Morgan fingerprint density at radius 3 is 2.90 bits per heavy atom. The average molecular weight is 349 g/mol. The molecule has 3 N–H and O–H groups in total. The molecule has 0 saturated carbocycles. The van der Waals surface area contributed by atoms with Crippen molar-refractivity contribution < 1.29 is 0 Å². The van der Waals surface area contributed by atoms with Crippen LogP contribution in [0.4, 0.5) is 11.5 Å². The van der Waals surface area contributed by atoms with Crippen LogP contribution in [0.15, 0.2) is 40.4 Å². The molecule has 0 unspecified atom stereocenters. The summed E-state index contributed by atoms with van der Waals surface area (Å²) in [6.45, 7) is 0.827. The maximum absolute atomic E-state index is 5.83. The number of hydrogen-bond donors (Lipinski definition) is 2. The van der Waals surface area contributed by atoms with E-state index in [9.17, 15) is 0 Å². The van der Waals surface area contributed by atoms with Gasteiger partial charge >= 0.3 is 0 Å². The minimum absolute atomic E-state index is 0.720. The second kappa shape index (κ2) is 5.76. The van der Waals surface area contributed by atoms with Gasteiger partial charge in [0.15, 0.2) is 0 Å². The molecule has 0 atom stereocenters. The summed E-state index contributed by atoms with van der Waals surface area (Å²) in [4.78, 5) is 9.88. The highest BCUT2D eigenvalue weighted by Crippen LogP contribution is 2.24. The van der Waals surface area contributed by atoms with Gasteiger partial charge in [0.25, 0.3) is 0 Å². The van der Waals surface area contributed by atoms with Crippen LogP contribution in [0.2, 0.25) is 0 Å². The number of nitrogen functional groups attached to an aromatic ring is 1. The van der Waals surface area contributed by atoms with Crippen molar-refractivity contribution in [1.29, 1.82) is 0 Å². The molecule has 0 fully saturated rings. The smallest absolute Gasteiger partial charge is 0.137 e. The zero-order valence-corrected chi connectivity index (χ0v) is 13.0. The zero-order chi connectivity index (χ0) is 13.9. The fourth-order valence-corrected chi connectivity index (χ4v) is 3.49. The number of anilines is 2. The van der Waals surface area contributed by atoms with Gasteiger partial charge in [0.2, 0.25) is 0 Å². The predicted octanol–water partition coefficient (Wildman–Crippen LogP) is 3.69. The Labute approximate surface area is 129 Å². The van der Waals surface area contributed by atoms with Gasteiger partial charge < -0.3 is 11.1 Å². The van der Waals surface area contributed by atoms with Crippen LogP contribution in [0.3, 0.4) is 0 Å². The number of aromatic nitrogens is 2. The standard InChI is InChI=1S/C14H13BrN4S/c15-13-4-2-10(20-13)5-6-17-14-11-7-9(16)1-3-12(11)18-8-19-14/h1-4,7-8H,5-6,16H2,(H,17,18,19). The van der Waals surface area contributed by atoms with Gasteiger partial charge in [-0.15, -0.1) is 11.3 Å². The third kappa shape index (κ3) is 2.91. The van der Waals surface area contributed by atoms with E-state index in [4.69, 9.17) is 5.73 Å². The first kappa shape index (κ1) is 13.3. The molecule has 0 spiro atoms. The lowest BCUT2D eigenvalue weighted by atomic mass is 10.2. The summed E-state index contributed by atoms with van der Waals surface area (Å²) in [5, 5.41) is 4.32. The number of rotatable bonds is 4. The number of thiophene rings is 1. The Morgan fingerprint density at radius 2 is 2.10 bits per heavy atom. The summed E-state index contributed by atoms with van der Waals surface area (Å²) in [6, 6.07) is 9.86. The molecule has 2 aromatic heterocycles. The second-order valence-corrected chi connectivity index (χ2v) is 6.93. The number of nitrogens with one attached hydrogen (secondary N) is 1. The van der Waals surface area contributed by atoms with Crippen LogP contribution in [0.5, 0.6) is 0 Å². The van der Waals surface area contributed by atoms with Crippen LogP contribution >= 0.6 is 27.3 Å². The van der Waals surface area contributed by atoms with Crippen molar-refractivity contribution in [2.24, 2.45) is 0 Å². The fraction of sp³-hybridized carbons (Fsp3) is 0.143. The Kier molecular flexibility index (Phi) is 3.84. The normalized spacial score (nSPS) is 10.8. The predicted molar refractivity (Wildman–Crippen MR) is 88.2 cm³/mol. The highest BCUT2D eigenvalue weighted by atomic mass is 79.9. The lowest BCUT2D eigenvalue weighted by Gasteiger charge is -2.08. The molecule has 0 aliphatic carbocycles. The van der Waals surface area contributed by atoms with Crippen LogP contribution < -0.4 is 11.1 Å². The molecule has 6 heteroatoms. The quantitative estimate of drug-likeness (QED) is 0.705. The SMILES string of the molecule is Nc1ccc2ncnc(NCCc3ccc(Br)s3)c2c1. The number of halogens is 1. The van der Waals surface area contributed by atoms with E-state index in [-0.39, 0.29) is 0 Å². The zero-order valence-electron chi connectivity index (χ0n) is 10.6. The Bertz CT molecular complexity index is 741. The monoisotopic (exact) mass is 348 g/mol. The first-order chi connectivity index (χ1) is 9.72. The minimum atomic E-state index is 0.720. The van der Waals surface area contributed by atoms with E-state index in [0.29, 0.717) is 0 Å². The maximum Gasteiger partial charge on any atom is 0.137 e. The Balaban J connectivity index is 1.75. The highest BCUT2D eigenvalue weighted by Gasteiger charge is 2.04. The summed E-state index contributed by atoms with van der Waals surface area (Å²) in [7, 11) is 0. The highest BCUT2D eigenvalue weighted by molar-refractivity contribution is 9.11. The molecule has 4 nitrogen and oxygen atoms in total. The van der Waals surface area contributed by atoms with E-state index in [1.807, 2.05) is 18.2 Å². The fourth-order valence-electron chi connectivity index (χ4n) is 2.01. The summed E-state index contributed by atoms with van der Waals surface area (Å²) < 4.78 is 1.16. The number of nitrogens with two attached hydrogens (primary N) is 1. The van der Waals surface area contributed by atoms with Crippen molar-refractivity contribution in [2.75, 3.05) is 17.6 Å². The Morgan fingerprint density at radius 1 is 1.20 bits per heavy atom. The van der Waals surface area contributed by atoms with Gasteiger partial charge in [-0.3, -0.25) is 0 Å². The van der Waals surface area contributed by atoms with E-state index in [2.05, 4.69) is 43.3 Å². The van der Waals surface area contributed by atoms with E-state index < -0.39 is 0 Å². The third-order valence-corrected chi connectivity index (χ3v) is 4.64. The molecule has 0 amide bonds. The van der Waals surface area contributed by atoms with E-state index in [1.54, 1.807) is 17.7 Å². The van der Waals surface area contributed by atoms with Gasteiger partial charge in [-0.25, -0.2) is 9.97 Å². The molecule has 20 heavy (non-hydrogen) atoms. The van der Waals surface area contributed by atoms with Gasteiger partial charge in [0.05, 0.1) is 9.30 Å². The van der Waals surface area contributed by atoms with Crippen molar-refractivity contribution in [2.45, 2.75) is 6.42 Å². The van der Waals surface area contributed by atoms with Gasteiger partial charge in [0.1, 0.15) is 12.1 Å². The van der Waals surface area contributed by atoms with Crippen molar-refractivity contribution in [3.63, 3.8) is 0 Å². The molecule has 0 aliphatic heterocycles.